The molecule has 15 heteroatoms. The monoisotopic (exact) mass is 541 g/mol. The zero-order valence-electron chi connectivity index (χ0n) is 20.9. The molecule has 38 heavy (non-hydrogen) atoms. The molecule has 0 fully saturated rings. The van der Waals surface area contributed by atoms with Gasteiger partial charge in [0.05, 0.1) is 32.0 Å². The molecular formula is C23H35N5O10. The summed E-state index contributed by atoms with van der Waals surface area (Å²) in [6.45, 7) is 0.613. The maximum absolute atomic E-state index is 12.6. The minimum absolute atomic E-state index is 0.196. The Morgan fingerprint density at radius 1 is 0.921 bits per heavy atom. The second kappa shape index (κ2) is 15.7. The molecule has 0 aliphatic heterocycles. The summed E-state index contributed by atoms with van der Waals surface area (Å²) in [5, 5.41) is 63.9. The summed E-state index contributed by atoms with van der Waals surface area (Å²) >= 11 is 0. The number of aliphatic hydroxyl groups excluding tert-OH is 6. The van der Waals surface area contributed by atoms with Gasteiger partial charge in [0.2, 0.25) is 23.6 Å². The van der Waals surface area contributed by atoms with Crippen LogP contribution in [0.3, 0.4) is 0 Å². The Morgan fingerprint density at radius 3 is 2.03 bits per heavy atom. The summed E-state index contributed by atoms with van der Waals surface area (Å²) in [5.41, 5.74) is 5.69. The molecule has 0 aliphatic carbocycles. The number of aliphatic hydroxyl groups is 6. The maximum Gasteiger partial charge on any atom is 0.247 e. The quantitative estimate of drug-likeness (QED) is 0.0958. The Morgan fingerprint density at radius 2 is 1.53 bits per heavy atom. The van der Waals surface area contributed by atoms with E-state index in [1.165, 1.54) is 26.0 Å². The largest absolute Gasteiger partial charge is 0.394 e. The molecule has 0 saturated carbocycles. The highest BCUT2D eigenvalue weighted by molar-refractivity contribution is 6.00. The van der Waals surface area contributed by atoms with Gasteiger partial charge in [-0.2, -0.15) is 0 Å². The van der Waals surface area contributed by atoms with Crippen molar-refractivity contribution >= 4 is 35.0 Å². The van der Waals surface area contributed by atoms with Crippen molar-refractivity contribution in [3.63, 3.8) is 0 Å². The third-order valence-electron chi connectivity index (χ3n) is 5.34. The number of carbonyl (C=O) groups is 4. The number of hydrogen-bond acceptors (Lipinski definition) is 11. The van der Waals surface area contributed by atoms with E-state index in [9.17, 15) is 39.6 Å². The Bertz CT molecular complexity index is 987. The number of nitrogens with zero attached hydrogens (tertiary/aromatic N) is 1. The fourth-order valence-corrected chi connectivity index (χ4v) is 3.06. The lowest BCUT2D eigenvalue weighted by Crippen LogP contribution is -2.53. The van der Waals surface area contributed by atoms with Crippen LogP contribution in [0.25, 0.3) is 0 Å². The second-order valence-corrected chi connectivity index (χ2v) is 8.45. The number of aliphatic imine (C=N–C) groups is 1. The Labute approximate surface area is 218 Å². The lowest BCUT2D eigenvalue weighted by molar-refractivity contribution is -0.131. The van der Waals surface area contributed by atoms with Crippen molar-refractivity contribution in [3.05, 3.63) is 29.8 Å². The lowest BCUT2D eigenvalue weighted by Gasteiger charge is -2.23. The molecule has 1 aromatic carbocycles. The molecule has 15 nitrogen and oxygen atoms in total. The Hall–Kier alpha value is -3.47. The van der Waals surface area contributed by atoms with E-state index in [-0.39, 0.29) is 6.61 Å². The highest BCUT2D eigenvalue weighted by Gasteiger charge is 2.30. The van der Waals surface area contributed by atoms with E-state index in [1.807, 2.05) is 0 Å². The highest BCUT2D eigenvalue weighted by Crippen LogP contribution is 2.11. The van der Waals surface area contributed by atoms with Crippen LogP contribution >= 0.6 is 0 Å². The minimum atomic E-state index is -1.88. The van der Waals surface area contributed by atoms with E-state index in [0.717, 1.165) is 0 Å². The molecule has 0 bridgehead atoms. The Kier molecular flexibility index (Phi) is 13.5. The van der Waals surface area contributed by atoms with Crippen molar-refractivity contribution in [1.82, 2.24) is 10.6 Å². The molecule has 0 radical (unpaired) electrons. The standard InChI is InChI=1S/C23H35N5O10/c1-11(25-16(9-30)19(34)20(35)17(32)10-31)21(36)26-12(2)22(37)28-15(7-18(24)33)23(38)27-14-5-3-13(8-29)4-6-14/h3-6,11-12,15,17,19-20,29-32,34-35H,7-10H2,1-2H3,(H2,24,33)(H,26,36)(H,27,38)(H,28,37). The molecule has 0 spiro atoms. The van der Waals surface area contributed by atoms with Crippen molar-refractivity contribution in [2.75, 3.05) is 18.5 Å². The number of rotatable bonds is 15. The molecule has 212 valence electrons. The maximum atomic E-state index is 12.6. The van der Waals surface area contributed by atoms with Gasteiger partial charge in [-0.3, -0.25) is 24.2 Å². The van der Waals surface area contributed by atoms with Crippen LogP contribution in [0.5, 0.6) is 0 Å². The molecule has 0 saturated heterocycles. The van der Waals surface area contributed by atoms with Gasteiger partial charge in [-0.05, 0) is 31.5 Å². The zero-order chi connectivity index (χ0) is 29.0. The van der Waals surface area contributed by atoms with E-state index in [2.05, 4.69) is 20.9 Å². The van der Waals surface area contributed by atoms with Crippen LogP contribution in [0.4, 0.5) is 5.69 Å². The number of benzene rings is 1. The molecule has 6 atom stereocenters. The predicted molar refractivity (Wildman–Crippen MR) is 133 cm³/mol. The van der Waals surface area contributed by atoms with Gasteiger partial charge in [-0.1, -0.05) is 12.1 Å². The summed E-state index contributed by atoms with van der Waals surface area (Å²) in [7, 11) is 0. The fraction of sp³-hybridized carbons (Fsp3) is 0.522. The zero-order valence-corrected chi connectivity index (χ0v) is 20.9. The van der Waals surface area contributed by atoms with E-state index in [0.29, 0.717) is 11.3 Å². The van der Waals surface area contributed by atoms with Gasteiger partial charge in [0, 0.05) is 5.69 Å². The molecule has 6 unspecified atom stereocenters. The van der Waals surface area contributed by atoms with E-state index >= 15 is 0 Å². The van der Waals surface area contributed by atoms with Gasteiger partial charge in [0.1, 0.15) is 36.4 Å². The summed E-state index contributed by atoms with van der Waals surface area (Å²) in [6.07, 6.45) is -6.02. The summed E-state index contributed by atoms with van der Waals surface area (Å²) in [6, 6.07) is 2.29. The van der Waals surface area contributed by atoms with E-state index < -0.39 is 85.4 Å². The van der Waals surface area contributed by atoms with Crippen molar-refractivity contribution < 1.29 is 49.8 Å². The highest BCUT2D eigenvalue weighted by atomic mass is 16.4. The molecule has 0 heterocycles. The number of amides is 4. The normalized spacial score (nSPS) is 16.4. The third-order valence-corrected chi connectivity index (χ3v) is 5.34. The fourth-order valence-electron chi connectivity index (χ4n) is 3.06. The van der Waals surface area contributed by atoms with Crippen molar-refractivity contribution in [2.45, 2.75) is 63.3 Å². The summed E-state index contributed by atoms with van der Waals surface area (Å²) in [4.78, 5) is 53.0. The SMILES string of the molecule is CC(N=C(CO)C(O)C(O)C(O)CO)C(=O)NC(C)C(=O)NC(CC(N)=O)C(=O)Nc1ccc(CO)cc1. The van der Waals surface area contributed by atoms with E-state index in [4.69, 9.17) is 15.9 Å². The molecule has 1 rings (SSSR count). The topological polar surface area (TPSA) is 264 Å². The van der Waals surface area contributed by atoms with Crippen LogP contribution < -0.4 is 21.7 Å². The van der Waals surface area contributed by atoms with Gasteiger partial charge in [-0.15, -0.1) is 0 Å². The number of nitrogens with one attached hydrogen (secondary N) is 3. The third kappa shape index (κ3) is 10.1. The van der Waals surface area contributed by atoms with Crippen LogP contribution in [0.15, 0.2) is 29.3 Å². The first kappa shape index (κ1) is 32.6. The van der Waals surface area contributed by atoms with Crippen molar-refractivity contribution in [2.24, 2.45) is 10.7 Å². The number of primary amides is 1. The van der Waals surface area contributed by atoms with Crippen LogP contribution in [-0.2, 0) is 25.8 Å². The van der Waals surface area contributed by atoms with Crippen LogP contribution in [0, 0.1) is 0 Å². The Balaban J connectivity index is 2.85. The number of carbonyl (C=O) groups excluding carboxylic acids is 4. The first-order valence-electron chi connectivity index (χ1n) is 11.6. The molecule has 1 aromatic rings. The first-order chi connectivity index (χ1) is 17.8. The van der Waals surface area contributed by atoms with Gasteiger partial charge < -0.3 is 52.3 Å². The second-order valence-electron chi connectivity index (χ2n) is 8.45. The van der Waals surface area contributed by atoms with Gasteiger partial charge in [-0.25, -0.2) is 0 Å². The smallest absolute Gasteiger partial charge is 0.247 e. The van der Waals surface area contributed by atoms with Gasteiger partial charge in [0.25, 0.3) is 0 Å². The molecule has 4 amide bonds. The van der Waals surface area contributed by atoms with Gasteiger partial charge >= 0.3 is 0 Å². The van der Waals surface area contributed by atoms with E-state index in [1.54, 1.807) is 12.1 Å². The van der Waals surface area contributed by atoms with Gasteiger partial charge in [0.15, 0.2) is 0 Å². The molecule has 0 aliphatic rings. The lowest BCUT2D eigenvalue weighted by atomic mass is 10.0. The van der Waals surface area contributed by atoms with Crippen molar-refractivity contribution in [1.29, 1.82) is 0 Å². The average Bonchev–Trinajstić information content (AvgIpc) is 2.89. The number of anilines is 1. The first-order valence-corrected chi connectivity index (χ1v) is 11.6. The molecule has 11 N–H and O–H groups in total. The molecule has 0 aromatic heterocycles. The van der Waals surface area contributed by atoms with Crippen LogP contribution in [-0.4, -0.2) is 110 Å². The average molecular weight is 542 g/mol. The minimum Gasteiger partial charge on any atom is -0.394 e. The number of hydrogen-bond donors (Lipinski definition) is 10. The van der Waals surface area contributed by atoms with Crippen LogP contribution in [0.1, 0.15) is 25.8 Å². The van der Waals surface area contributed by atoms with Crippen LogP contribution in [0.2, 0.25) is 0 Å². The summed E-state index contributed by atoms with van der Waals surface area (Å²) in [5.74, 6) is -3.29. The molecular weight excluding hydrogens is 506 g/mol. The number of nitrogens with two attached hydrogens (primary N) is 1. The van der Waals surface area contributed by atoms with Crippen molar-refractivity contribution in [3.8, 4) is 0 Å². The summed E-state index contributed by atoms with van der Waals surface area (Å²) < 4.78 is 0. The predicted octanol–water partition coefficient (Wildman–Crippen LogP) is -4.12.